The fraction of sp³-hybridized carbons (Fsp3) is 0.583. The zero-order valence-corrected chi connectivity index (χ0v) is 9.02. The lowest BCUT2D eigenvalue weighted by molar-refractivity contribution is 0.325. The Kier molecular flexibility index (Phi) is 3.21. The number of nitrogen functional groups attached to an aromatic ring is 1. The molecule has 1 heterocycles. The molecule has 15 heavy (non-hydrogen) atoms. The van der Waals surface area contributed by atoms with E-state index in [1.165, 1.54) is 18.4 Å². The summed E-state index contributed by atoms with van der Waals surface area (Å²) in [7, 11) is 0. The van der Waals surface area contributed by atoms with E-state index in [1.54, 1.807) is 6.20 Å². The molecule has 0 radical (unpaired) electrons. The van der Waals surface area contributed by atoms with E-state index in [2.05, 4.69) is 4.98 Å². The third-order valence-corrected chi connectivity index (χ3v) is 3.34. The zero-order valence-electron chi connectivity index (χ0n) is 9.02. The van der Waals surface area contributed by atoms with Gasteiger partial charge in [-0.2, -0.15) is 0 Å². The summed E-state index contributed by atoms with van der Waals surface area (Å²) < 4.78 is 0. The molecule has 1 aromatic rings. The summed E-state index contributed by atoms with van der Waals surface area (Å²) in [6.07, 6.45) is 9.48. The van der Waals surface area contributed by atoms with Crippen LogP contribution in [0.3, 0.4) is 0 Å². The SMILES string of the molecule is Nc1ccncc1CC1CCC(N)CC1. The van der Waals surface area contributed by atoms with Crippen molar-refractivity contribution >= 4 is 5.69 Å². The van der Waals surface area contributed by atoms with E-state index in [0.29, 0.717) is 6.04 Å². The summed E-state index contributed by atoms with van der Waals surface area (Å²) in [6.45, 7) is 0. The molecule has 2 rings (SSSR count). The number of hydrogen-bond acceptors (Lipinski definition) is 3. The third-order valence-electron chi connectivity index (χ3n) is 3.34. The van der Waals surface area contributed by atoms with Crippen LogP contribution in [0.25, 0.3) is 0 Å². The molecule has 0 bridgehead atoms. The summed E-state index contributed by atoms with van der Waals surface area (Å²) >= 11 is 0. The highest BCUT2D eigenvalue weighted by Crippen LogP contribution is 2.27. The molecule has 3 heteroatoms. The first-order valence-corrected chi connectivity index (χ1v) is 5.69. The minimum atomic E-state index is 0.424. The maximum atomic E-state index is 5.90. The smallest absolute Gasteiger partial charge is 0.0377 e. The number of hydrogen-bond donors (Lipinski definition) is 2. The number of aromatic nitrogens is 1. The molecule has 1 saturated carbocycles. The largest absolute Gasteiger partial charge is 0.398 e. The quantitative estimate of drug-likeness (QED) is 0.772. The standard InChI is InChI=1S/C12H19N3/c13-11-3-1-9(2-4-11)7-10-8-15-6-5-12(10)14/h5-6,8-9,11H,1-4,7,13H2,(H2,14,15). The van der Waals surface area contributed by atoms with Gasteiger partial charge in [0.15, 0.2) is 0 Å². The lowest BCUT2D eigenvalue weighted by Crippen LogP contribution is -2.27. The highest BCUT2D eigenvalue weighted by Gasteiger charge is 2.19. The highest BCUT2D eigenvalue weighted by atomic mass is 14.7. The second-order valence-electron chi connectivity index (χ2n) is 4.56. The molecule has 0 aliphatic heterocycles. The van der Waals surface area contributed by atoms with Crippen LogP contribution in [-0.2, 0) is 6.42 Å². The van der Waals surface area contributed by atoms with Gasteiger partial charge >= 0.3 is 0 Å². The Labute approximate surface area is 90.9 Å². The topological polar surface area (TPSA) is 64.9 Å². The van der Waals surface area contributed by atoms with Crippen molar-refractivity contribution in [3.05, 3.63) is 24.0 Å². The van der Waals surface area contributed by atoms with Gasteiger partial charge in [-0.05, 0) is 49.7 Å². The van der Waals surface area contributed by atoms with E-state index >= 15 is 0 Å². The van der Waals surface area contributed by atoms with E-state index < -0.39 is 0 Å². The van der Waals surface area contributed by atoms with Crippen LogP contribution in [0.1, 0.15) is 31.2 Å². The molecule has 0 spiro atoms. The summed E-state index contributed by atoms with van der Waals surface area (Å²) in [5.74, 6) is 0.747. The molecule has 0 atom stereocenters. The van der Waals surface area contributed by atoms with Crippen LogP contribution in [0.5, 0.6) is 0 Å². The van der Waals surface area contributed by atoms with Crippen LogP contribution in [0, 0.1) is 5.92 Å². The van der Waals surface area contributed by atoms with Crippen LogP contribution < -0.4 is 11.5 Å². The normalized spacial score (nSPS) is 26.5. The van der Waals surface area contributed by atoms with Crippen molar-refractivity contribution in [3.8, 4) is 0 Å². The Morgan fingerprint density at radius 2 is 2.00 bits per heavy atom. The van der Waals surface area contributed by atoms with Crippen LogP contribution in [0.15, 0.2) is 18.5 Å². The van der Waals surface area contributed by atoms with Crippen molar-refractivity contribution in [2.24, 2.45) is 11.7 Å². The van der Waals surface area contributed by atoms with Crippen molar-refractivity contribution in [2.75, 3.05) is 5.73 Å². The first-order valence-electron chi connectivity index (χ1n) is 5.69. The molecule has 1 aliphatic rings. The van der Waals surface area contributed by atoms with Gasteiger partial charge in [-0.15, -0.1) is 0 Å². The molecule has 0 aromatic carbocycles. The van der Waals surface area contributed by atoms with E-state index in [1.807, 2.05) is 12.3 Å². The molecule has 0 unspecified atom stereocenters. The number of nitrogens with zero attached hydrogens (tertiary/aromatic N) is 1. The maximum absolute atomic E-state index is 5.90. The molecule has 4 N–H and O–H groups in total. The third kappa shape index (κ3) is 2.69. The number of anilines is 1. The lowest BCUT2D eigenvalue weighted by atomic mass is 9.83. The van der Waals surface area contributed by atoms with Crippen molar-refractivity contribution in [3.63, 3.8) is 0 Å². The van der Waals surface area contributed by atoms with Crippen molar-refractivity contribution in [1.82, 2.24) is 4.98 Å². The first-order chi connectivity index (χ1) is 7.25. The van der Waals surface area contributed by atoms with Gasteiger partial charge in [0.25, 0.3) is 0 Å². The Morgan fingerprint density at radius 1 is 1.27 bits per heavy atom. The Hall–Kier alpha value is -1.09. The second-order valence-corrected chi connectivity index (χ2v) is 4.56. The number of nitrogens with two attached hydrogens (primary N) is 2. The van der Waals surface area contributed by atoms with Gasteiger partial charge < -0.3 is 11.5 Å². The van der Waals surface area contributed by atoms with Crippen LogP contribution in [-0.4, -0.2) is 11.0 Å². The summed E-state index contributed by atoms with van der Waals surface area (Å²) in [4.78, 5) is 4.12. The number of pyridine rings is 1. The molecule has 1 aromatic heterocycles. The van der Waals surface area contributed by atoms with Crippen molar-refractivity contribution in [1.29, 1.82) is 0 Å². The summed E-state index contributed by atoms with van der Waals surface area (Å²) in [5, 5.41) is 0. The van der Waals surface area contributed by atoms with Crippen LogP contribution in [0.2, 0.25) is 0 Å². The van der Waals surface area contributed by atoms with Gasteiger partial charge in [-0.25, -0.2) is 0 Å². The highest BCUT2D eigenvalue weighted by molar-refractivity contribution is 5.44. The molecule has 1 aliphatic carbocycles. The van der Waals surface area contributed by atoms with Gasteiger partial charge in [0.1, 0.15) is 0 Å². The van der Waals surface area contributed by atoms with Gasteiger partial charge in [0, 0.05) is 24.1 Å². The average Bonchev–Trinajstić information content (AvgIpc) is 2.25. The predicted octanol–water partition coefficient (Wildman–Crippen LogP) is 1.72. The Bertz CT molecular complexity index is 316. The molecule has 0 amide bonds. The predicted molar refractivity (Wildman–Crippen MR) is 62.3 cm³/mol. The molecule has 1 fully saturated rings. The average molecular weight is 205 g/mol. The van der Waals surface area contributed by atoms with Gasteiger partial charge in [-0.3, -0.25) is 4.98 Å². The van der Waals surface area contributed by atoms with E-state index in [9.17, 15) is 0 Å². The van der Waals surface area contributed by atoms with Gasteiger partial charge in [0.05, 0.1) is 0 Å². The molecule has 82 valence electrons. The second kappa shape index (κ2) is 4.62. The monoisotopic (exact) mass is 205 g/mol. The fourth-order valence-electron chi connectivity index (χ4n) is 2.31. The van der Waals surface area contributed by atoms with Gasteiger partial charge in [-0.1, -0.05) is 0 Å². The molecular weight excluding hydrogens is 186 g/mol. The minimum absolute atomic E-state index is 0.424. The fourth-order valence-corrected chi connectivity index (χ4v) is 2.31. The van der Waals surface area contributed by atoms with Crippen molar-refractivity contribution in [2.45, 2.75) is 38.1 Å². The molecule has 3 nitrogen and oxygen atoms in total. The Morgan fingerprint density at radius 3 is 2.67 bits per heavy atom. The summed E-state index contributed by atoms with van der Waals surface area (Å²) in [5.41, 5.74) is 13.9. The lowest BCUT2D eigenvalue weighted by Gasteiger charge is -2.26. The molecular formula is C12H19N3. The van der Waals surface area contributed by atoms with E-state index in [0.717, 1.165) is 30.9 Å². The minimum Gasteiger partial charge on any atom is -0.398 e. The zero-order chi connectivity index (χ0) is 10.7. The molecule has 0 saturated heterocycles. The number of rotatable bonds is 2. The van der Waals surface area contributed by atoms with Crippen LogP contribution in [0.4, 0.5) is 5.69 Å². The summed E-state index contributed by atoms with van der Waals surface area (Å²) in [6, 6.07) is 2.30. The maximum Gasteiger partial charge on any atom is 0.0377 e. The Balaban J connectivity index is 1.95. The van der Waals surface area contributed by atoms with E-state index in [-0.39, 0.29) is 0 Å². The van der Waals surface area contributed by atoms with Gasteiger partial charge in [0.2, 0.25) is 0 Å². The van der Waals surface area contributed by atoms with Crippen molar-refractivity contribution < 1.29 is 0 Å². The first kappa shape index (κ1) is 10.4. The van der Waals surface area contributed by atoms with Crippen LogP contribution >= 0.6 is 0 Å². The van der Waals surface area contributed by atoms with E-state index in [4.69, 9.17) is 11.5 Å².